The number of hydrogen-bond acceptors (Lipinski definition) is 6. The van der Waals surface area contributed by atoms with Crippen molar-refractivity contribution in [2.75, 3.05) is 26.8 Å². The summed E-state index contributed by atoms with van der Waals surface area (Å²) in [5.74, 6) is 9.90. The van der Waals surface area contributed by atoms with Gasteiger partial charge in [0.2, 0.25) is 0 Å². The van der Waals surface area contributed by atoms with E-state index in [1.54, 1.807) is 84.9 Å². The number of ether oxygens (including phenoxy) is 1. The third kappa shape index (κ3) is 13.5. The molecule has 2 saturated carbocycles. The van der Waals surface area contributed by atoms with Crippen LogP contribution >= 0.6 is 0 Å². The predicted molar refractivity (Wildman–Crippen MR) is 227 cm³/mol. The molecule has 0 heterocycles. The molecule has 2 aliphatic rings. The van der Waals surface area contributed by atoms with E-state index in [0.717, 1.165) is 64.2 Å². The Balaban J connectivity index is 0.000000228. The summed E-state index contributed by atoms with van der Waals surface area (Å²) in [6.07, 6.45) is 10.7. The van der Waals surface area contributed by atoms with Crippen molar-refractivity contribution in [3.8, 4) is 23.7 Å². The second-order valence-electron chi connectivity index (χ2n) is 15.7. The molecule has 2 aliphatic carbocycles. The van der Waals surface area contributed by atoms with E-state index in [4.69, 9.17) is 9.84 Å². The normalized spacial score (nSPS) is 14.9. The topological polar surface area (TPSA) is 122 Å². The molecular weight excluding hydrogens is 763 g/mol. The summed E-state index contributed by atoms with van der Waals surface area (Å²) in [5, 5.41) is 15.1. The van der Waals surface area contributed by atoms with Gasteiger partial charge in [-0.15, -0.1) is 0 Å². The van der Waals surface area contributed by atoms with Crippen molar-refractivity contribution >= 4 is 23.6 Å². The van der Waals surface area contributed by atoms with Crippen molar-refractivity contribution in [1.82, 2.24) is 10.6 Å². The molecule has 10 heteroatoms. The zero-order valence-corrected chi connectivity index (χ0v) is 34.1. The minimum atomic E-state index is -0.453. The molecule has 0 spiro atoms. The number of nitrogens with one attached hydrogen (secondary N) is 2. The molecule has 3 N–H and O–H groups in total. The molecule has 2 amide bonds. The fourth-order valence-electron chi connectivity index (χ4n) is 7.84. The van der Waals surface area contributed by atoms with Crippen LogP contribution in [-0.4, -0.2) is 55.5 Å². The van der Waals surface area contributed by atoms with Crippen molar-refractivity contribution in [2.24, 2.45) is 10.8 Å². The monoisotopic (exact) mass is 814 g/mol. The standard InChI is InChI=1S/2C25H26FNO3/c1-30-23(28)17-25(15-5-2-6-16-25)18-27-24(29)21-13-10-19(11-14-21)9-12-20-7-3-4-8-22(20)26;26-23-7-3-2-6-20(23)11-8-19-9-12-21(13-10-19)24(30)27-18-25(16-22(29)17-28)14-4-1-5-15-25/h3-4,7-8,10-11,13-14H,2,5-6,15-18H2,1H3,(H,27,29);2-3,6-7,9-10,12-13,28H,1,4-5,14-18H2,(H,27,30). The van der Waals surface area contributed by atoms with Gasteiger partial charge in [-0.3, -0.25) is 19.2 Å². The maximum absolute atomic E-state index is 13.6. The van der Waals surface area contributed by atoms with Crippen molar-refractivity contribution < 1.29 is 37.8 Å². The van der Waals surface area contributed by atoms with Gasteiger partial charge in [-0.1, -0.05) is 86.5 Å². The van der Waals surface area contributed by atoms with Crippen molar-refractivity contribution in [3.05, 3.63) is 142 Å². The van der Waals surface area contributed by atoms with E-state index in [9.17, 15) is 28.0 Å². The van der Waals surface area contributed by atoms with Crippen LogP contribution in [0.3, 0.4) is 0 Å². The zero-order valence-electron chi connectivity index (χ0n) is 34.1. The van der Waals surface area contributed by atoms with Crippen LogP contribution in [0.1, 0.15) is 120 Å². The van der Waals surface area contributed by atoms with E-state index in [2.05, 4.69) is 34.3 Å². The summed E-state index contributed by atoms with van der Waals surface area (Å²) in [4.78, 5) is 48.9. The van der Waals surface area contributed by atoms with Crippen LogP contribution in [0.15, 0.2) is 97.1 Å². The van der Waals surface area contributed by atoms with Gasteiger partial charge in [0, 0.05) is 41.8 Å². The average molecular weight is 815 g/mol. The molecule has 0 aromatic heterocycles. The molecule has 0 unspecified atom stereocenters. The second kappa shape index (κ2) is 22.3. The van der Waals surface area contributed by atoms with E-state index in [1.807, 2.05) is 0 Å². The van der Waals surface area contributed by atoms with Crippen LogP contribution < -0.4 is 10.6 Å². The quantitative estimate of drug-likeness (QED) is 0.104. The second-order valence-corrected chi connectivity index (χ2v) is 15.7. The van der Waals surface area contributed by atoms with E-state index < -0.39 is 6.61 Å². The van der Waals surface area contributed by atoms with Crippen LogP contribution in [0.2, 0.25) is 0 Å². The average Bonchev–Trinajstić information content (AvgIpc) is 3.28. The van der Waals surface area contributed by atoms with Crippen LogP contribution in [0.4, 0.5) is 8.78 Å². The molecule has 2 fully saturated rings. The molecule has 6 rings (SSSR count). The lowest BCUT2D eigenvalue weighted by Gasteiger charge is -2.37. The number of benzene rings is 4. The predicted octanol–water partition coefficient (Wildman–Crippen LogP) is 8.33. The number of amides is 2. The zero-order chi connectivity index (χ0) is 42.8. The third-order valence-corrected chi connectivity index (χ3v) is 11.3. The Labute approximate surface area is 351 Å². The lowest BCUT2D eigenvalue weighted by atomic mass is 9.71. The molecule has 4 aromatic rings. The van der Waals surface area contributed by atoms with Gasteiger partial charge < -0.3 is 20.5 Å². The highest BCUT2D eigenvalue weighted by Crippen LogP contribution is 2.40. The summed E-state index contributed by atoms with van der Waals surface area (Å²) in [5.41, 5.74) is 2.58. The molecule has 0 bridgehead atoms. The third-order valence-electron chi connectivity index (χ3n) is 11.3. The summed E-state index contributed by atoms with van der Waals surface area (Å²) < 4.78 is 32.1. The number of carbonyl (C=O) groups is 4. The number of Topliss-reactive ketones (excluding diaryl/α,β-unsaturated/α-hetero) is 1. The number of methoxy groups -OCH3 is 1. The first-order valence-electron chi connectivity index (χ1n) is 20.5. The van der Waals surface area contributed by atoms with Gasteiger partial charge >= 0.3 is 5.97 Å². The van der Waals surface area contributed by atoms with Crippen LogP contribution in [0, 0.1) is 46.1 Å². The molecular formula is C50H52F2N2O6. The van der Waals surface area contributed by atoms with Crippen LogP contribution in [0.5, 0.6) is 0 Å². The van der Waals surface area contributed by atoms with Gasteiger partial charge in [-0.25, -0.2) is 8.78 Å². The lowest BCUT2D eigenvalue weighted by molar-refractivity contribution is -0.144. The van der Waals surface area contributed by atoms with E-state index in [-0.39, 0.29) is 46.0 Å². The fraction of sp³-hybridized carbons (Fsp3) is 0.360. The highest BCUT2D eigenvalue weighted by Gasteiger charge is 2.36. The molecule has 312 valence electrons. The maximum atomic E-state index is 13.6. The first kappa shape index (κ1) is 45.0. The van der Waals surface area contributed by atoms with Gasteiger partial charge in [0.25, 0.3) is 11.8 Å². The first-order chi connectivity index (χ1) is 29.0. The maximum Gasteiger partial charge on any atom is 0.306 e. The molecule has 60 heavy (non-hydrogen) atoms. The first-order valence-corrected chi connectivity index (χ1v) is 20.5. The highest BCUT2D eigenvalue weighted by atomic mass is 19.1. The SMILES string of the molecule is COC(=O)CC1(CNC(=O)c2ccc(C#Cc3ccccc3F)cc2)CCCCC1.O=C(CO)CC1(CNC(=O)c2ccc(C#Cc3ccccc3F)cc2)CCCCC1. The Hall–Kier alpha value is -6.10. The van der Waals surface area contributed by atoms with E-state index in [1.165, 1.54) is 19.2 Å². The number of aliphatic hydroxyl groups excluding tert-OH is 1. The summed E-state index contributed by atoms with van der Waals surface area (Å²) in [6.45, 7) is 0.424. The summed E-state index contributed by atoms with van der Waals surface area (Å²) in [7, 11) is 1.40. The van der Waals surface area contributed by atoms with Crippen LogP contribution in [0.25, 0.3) is 0 Å². The Morgan fingerprint density at radius 2 is 0.983 bits per heavy atom. The summed E-state index contributed by atoms with van der Waals surface area (Å²) in [6, 6.07) is 26.4. The van der Waals surface area contributed by atoms with Crippen molar-refractivity contribution in [2.45, 2.75) is 77.0 Å². The highest BCUT2D eigenvalue weighted by molar-refractivity contribution is 5.95. The minimum absolute atomic E-state index is 0.177. The summed E-state index contributed by atoms with van der Waals surface area (Å²) >= 11 is 0. The number of rotatable bonds is 11. The van der Waals surface area contributed by atoms with Crippen molar-refractivity contribution in [3.63, 3.8) is 0 Å². The number of hydrogen-bond donors (Lipinski definition) is 3. The minimum Gasteiger partial charge on any atom is -0.469 e. The largest absolute Gasteiger partial charge is 0.469 e. The number of carbonyl (C=O) groups excluding carboxylic acids is 4. The molecule has 0 atom stereocenters. The Morgan fingerprint density at radius 3 is 1.37 bits per heavy atom. The molecule has 0 saturated heterocycles. The van der Waals surface area contributed by atoms with E-state index in [0.29, 0.717) is 59.3 Å². The number of aliphatic hydroxyl groups is 1. The Kier molecular flexibility index (Phi) is 16.7. The Bertz CT molecular complexity index is 2060. The smallest absolute Gasteiger partial charge is 0.306 e. The van der Waals surface area contributed by atoms with Gasteiger partial charge in [0.1, 0.15) is 18.2 Å². The molecule has 0 aliphatic heterocycles. The molecule has 8 nitrogen and oxygen atoms in total. The molecule has 4 aromatic carbocycles. The number of esters is 1. The van der Waals surface area contributed by atoms with Gasteiger partial charge in [-0.05, 0) is 109 Å². The van der Waals surface area contributed by atoms with Gasteiger partial charge in [-0.2, -0.15) is 0 Å². The number of halogens is 2. The fourth-order valence-corrected chi connectivity index (χ4v) is 7.84. The molecule has 0 radical (unpaired) electrons. The Morgan fingerprint density at radius 1 is 0.583 bits per heavy atom. The van der Waals surface area contributed by atoms with E-state index >= 15 is 0 Å². The lowest BCUT2D eigenvalue weighted by Crippen LogP contribution is -2.40. The van der Waals surface area contributed by atoms with Gasteiger partial charge in [0.15, 0.2) is 5.78 Å². The number of ketones is 1. The van der Waals surface area contributed by atoms with Crippen molar-refractivity contribution in [1.29, 1.82) is 0 Å². The van der Waals surface area contributed by atoms with Gasteiger partial charge in [0.05, 0.1) is 24.7 Å². The van der Waals surface area contributed by atoms with Crippen LogP contribution in [-0.2, 0) is 14.3 Å².